The number of nitrogens with one attached hydrogen (secondary N) is 1. The van der Waals surface area contributed by atoms with Crippen LogP contribution in [0.3, 0.4) is 0 Å². The summed E-state index contributed by atoms with van der Waals surface area (Å²) < 4.78 is 16.3. The number of likely N-dealkylation sites (N-methyl/N-ethyl adjacent to an activating group) is 1. The monoisotopic (exact) mass is 266 g/mol. The van der Waals surface area contributed by atoms with Gasteiger partial charge in [0.05, 0.1) is 26.9 Å². The van der Waals surface area contributed by atoms with Crippen LogP contribution in [0.4, 0.5) is 5.69 Å². The van der Waals surface area contributed by atoms with E-state index in [-0.39, 0.29) is 6.10 Å². The van der Waals surface area contributed by atoms with Crippen LogP contribution >= 0.6 is 0 Å². The van der Waals surface area contributed by atoms with Gasteiger partial charge in [-0.3, -0.25) is 0 Å². The first-order valence-corrected chi connectivity index (χ1v) is 6.50. The van der Waals surface area contributed by atoms with Gasteiger partial charge in [0.1, 0.15) is 0 Å². The topological polar surface area (TPSA) is 43.0 Å². The van der Waals surface area contributed by atoms with Crippen molar-refractivity contribution in [3.05, 3.63) is 18.2 Å². The fourth-order valence-electron chi connectivity index (χ4n) is 2.21. The highest BCUT2D eigenvalue weighted by Crippen LogP contribution is 2.31. The number of hydrogen-bond acceptors (Lipinski definition) is 5. The van der Waals surface area contributed by atoms with Crippen molar-refractivity contribution >= 4 is 5.69 Å². The molecule has 2 rings (SSSR count). The van der Waals surface area contributed by atoms with Crippen LogP contribution in [0.25, 0.3) is 0 Å². The lowest BCUT2D eigenvalue weighted by Gasteiger charge is -2.29. The van der Waals surface area contributed by atoms with Crippen molar-refractivity contribution in [1.82, 2.24) is 5.32 Å². The highest BCUT2D eigenvalue weighted by molar-refractivity contribution is 5.56. The zero-order valence-corrected chi connectivity index (χ0v) is 11.8. The maximum atomic E-state index is 5.71. The molecular formula is C14H22N2O3. The van der Waals surface area contributed by atoms with Crippen LogP contribution in [0.1, 0.15) is 0 Å². The number of ether oxygens (including phenoxy) is 3. The molecule has 1 aliphatic rings. The summed E-state index contributed by atoms with van der Waals surface area (Å²) in [6.07, 6.45) is 0.229. The van der Waals surface area contributed by atoms with Crippen LogP contribution in [0.15, 0.2) is 18.2 Å². The molecule has 0 amide bonds. The van der Waals surface area contributed by atoms with Gasteiger partial charge in [-0.2, -0.15) is 0 Å². The number of rotatable bonds is 5. The summed E-state index contributed by atoms with van der Waals surface area (Å²) in [4.78, 5) is 2.17. The summed E-state index contributed by atoms with van der Waals surface area (Å²) >= 11 is 0. The molecule has 1 heterocycles. The van der Waals surface area contributed by atoms with E-state index in [0.29, 0.717) is 0 Å². The third-order valence-corrected chi connectivity index (χ3v) is 3.29. The van der Waals surface area contributed by atoms with Crippen LogP contribution in [0.2, 0.25) is 0 Å². The van der Waals surface area contributed by atoms with Crippen LogP contribution in [-0.2, 0) is 4.74 Å². The Hall–Kier alpha value is -1.46. The molecule has 106 valence electrons. The summed E-state index contributed by atoms with van der Waals surface area (Å²) in [5, 5.41) is 3.34. The highest BCUT2D eigenvalue weighted by atomic mass is 16.5. The molecule has 0 spiro atoms. The molecule has 0 radical (unpaired) electrons. The molecular weight excluding hydrogens is 244 g/mol. The van der Waals surface area contributed by atoms with Gasteiger partial charge in [-0.1, -0.05) is 0 Å². The normalized spacial score (nSPS) is 19.0. The minimum absolute atomic E-state index is 0.229. The molecule has 0 bridgehead atoms. The third kappa shape index (κ3) is 3.52. The molecule has 1 aromatic rings. The molecule has 1 aromatic carbocycles. The molecule has 1 N–H and O–H groups in total. The van der Waals surface area contributed by atoms with E-state index >= 15 is 0 Å². The van der Waals surface area contributed by atoms with E-state index in [0.717, 1.165) is 43.4 Å². The lowest BCUT2D eigenvalue weighted by molar-refractivity contribution is 0.0340. The Balaban J connectivity index is 2.03. The highest BCUT2D eigenvalue weighted by Gasteiger charge is 2.16. The maximum Gasteiger partial charge on any atom is 0.162 e. The molecule has 1 atom stereocenters. The average Bonchev–Trinajstić information content (AvgIpc) is 2.47. The van der Waals surface area contributed by atoms with Crippen LogP contribution < -0.4 is 19.7 Å². The number of morpholine rings is 1. The molecule has 1 fully saturated rings. The first kappa shape index (κ1) is 14.0. The standard InChI is InChI=1S/C14H22N2O3/c1-16(10-12-9-15-6-7-19-12)11-4-5-13(17-2)14(8-11)18-3/h4-5,8,12,15H,6-7,9-10H2,1-3H3. The Morgan fingerprint density at radius 2 is 2.11 bits per heavy atom. The largest absolute Gasteiger partial charge is 0.493 e. The summed E-state index contributed by atoms with van der Waals surface area (Å²) in [6.45, 7) is 3.47. The Bertz CT molecular complexity index is 406. The molecule has 1 aliphatic heterocycles. The summed E-state index contributed by atoms with van der Waals surface area (Å²) in [6, 6.07) is 5.93. The van der Waals surface area contributed by atoms with Gasteiger partial charge in [-0.25, -0.2) is 0 Å². The second-order valence-electron chi connectivity index (χ2n) is 4.62. The lowest BCUT2D eigenvalue weighted by atomic mass is 10.2. The van der Waals surface area contributed by atoms with Gasteiger partial charge >= 0.3 is 0 Å². The minimum atomic E-state index is 0.229. The van der Waals surface area contributed by atoms with Crippen molar-refractivity contribution in [3.8, 4) is 11.5 Å². The summed E-state index contributed by atoms with van der Waals surface area (Å²) in [7, 11) is 5.35. The van der Waals surface area contributed by atoms with E-state index < -0.39 is 0 Å². The molecule has 0 saturated carbocycles. The summed E-state index contributed by atoms with van der Waals surface area (Å²) in [5.41, 5.74) is 1.09. The lowest BCUT2D eigenvalue weighted by Crippen LogP contribution is -2.44. The van der Waals surface area contributed by atoms with Gasteiger partial charge in [0.2, 0.25) is 0 Å². The van der Waals surface area contributed by atoms with Crippen LogP contribution in [0, 0.1) is 0 Å². The maximum absolute atomic E-state index is 5.71. The fraction of sp³-hybridized carbons (Fsp3) is 0.571. The zero-order valence-electron chi connectivity index (χ0n) is 11.8. The van der Waals surface area contributed by atoms with Gasteiger partial charge in [-0.15, -0.1) is 0 Å². The minimum Gasteiger partial charge on any atom is -0.493 e. The average molecular weight is 266 g/mol. The SMILES string of the molecule is COc1ccc(N(C)CC2CNCCO2)cc1OC. The molecule has 1 unspecified atom stereocenters. The van der Waals surface area contributed by atoms with Crippen molar-refractivity contribution < 1.29 is 14.2 Å². The van der Waals surface area contributed by atoms with E-state index in [1.54, 1.807) is 14.2 Å². The van der Waals surface area contributed by atoms with E-state index in [1.165, 1.54) is 0 Å². The van der Waals surface area contributed by atoms with Crippen LogP contribution in [-0.4, -0.2) is 53.6 Å². The number of methoxy groups -OCH3 is 2. The number of anilines is 1. The fourth-order valence-corrected chi connectivity index (χ4v) is 2.21. The van der Waals surface area contributed by atoms with E-state index in [1.807, 2.05) is 18.2 Å². The smallest absolute Gasteiger partial charge is 0.162 e. The van der Waals surface area contributed by atoms with E-state index in [2.05, 4.69) is 17.3 Å². The Kier molecular flexibility index (Phi) is 4.87. The second-order valence-corrected chi connectivity index (χ2v) is 4.62. The van der Waals surface area contributed by atoms with Gasteiger partial charge < -0.3 is 24.4 Å². The first-order valence-electron chi connectivity index (χ1n) is 6.50. The van der Waals surface area contributed by atoms with Gasteiger partial charge in [0.25, 0.3) is 0 Å². The number of nitrogens with zero attached hydrogens (tertiary/aromatic N) is 1. The number of benzene rings is 1. The second kappa shape index (κ2) is 6.63. The van der Waals surface area contributed by atoms with E-state index in [4.69, 9.17) is 14.2 Å². The van der Waals surface area contributed by atoms with Crippen molar-refractivity contribution in [1.29, 1.82) is 0 Å². The predicted molar refractivity (Wildman–Crippen MR) is 75.4 cm³/mol. The molecule has 5 heteroatoms. The van der Waals surface area contributed by atoms with Gasteiger partial charge in [-0.05, 0) is 12.1 Å². The van der Waals surface area contributed by atoms with Crippen molar-refractivity contribution in [2.75, 3.05) is 52.4 Å². The summed E-state index contributed by atoms with van der Waals surface area (Å²) in [5.74, 6) is 1.49. The molecule has 0 aliphatic carbocycles. The Morgan fingerprint density at radius 1 is 1.32 bits per heavy atom. The first-order chi connectivity index (χ1) is 9.24. The Morgan fingerprint density at radius 3 is 2.74 bits per heavy atom. The third-order valence-electron chi connectivity index (χ3n) is 3.29. The van der Waals surface area contributed by atoms with Gasteiger partial charge in [0.15, 0.2) is 11.5 Å². The predicted octanol–water partition coefficient (Wildman–Crippen LogP) is 1.13. The van der Waals surface area contributed by atoms with Crippen molar-refractivity contribution in [3.63, 3.8) is 0 Å². The van der Waals surface area contributed by atoms with Gasteiger partial charge in [0, 0.05) is 38.4 Å². The molecule has 1 saturated heterocycles. The molecule has 5 nitrogen and oxygen atoms in total. The Labute approximate surface area is 114 Å². The van der Waals surface area contributed by atoms with Crippen molar-refractivity contribution in [2.45, 2.75) is 6.10 Å². The van der Waals surface area contributed by atoms with Crippen LogP contribution in [0.5, 0.6) is 11.5 Å². The molecule has 0 aromatic heterocycles. The van der Waals surface area contributed by atoms with E-state index in [9.17, 15) is 0 Å². The number of hydrogen-bond donors (Lipinski definition) is 1. The molecule has 19 heavy (non-hydrogen) atoms. The quantitative estimate of drug-likeness (QED) is 0.865. The van der Waals surface area contributed by atoms with Crippen molar-refractivity contribution in [2.24, 2.45) is 0 Å². The zero-order chi connectivity index (χ0) is 13.7.